The molecule has 0 saturated carbocycles. The summed E-state index contributed by atoms with van der Waals surface area (Å²) in [6, 6.07) is 7.80. The van der Waals surface area contributed by atoms with Crippen molar-refractivity contribution in [2.45, 2.75) is 26.3 Å². The average Bonchev–Trinajstić information content (AvgIpc) is 2.97. The van der Waals surface area contributed by atoms with Gasteiger partial charge in [-0.1, -0.05) is 12.1 Å². The monoisotopic (exact) mass is 288 g/mol. The summed E-state index contributed by atoms with van der Waals surface area (Å²) in [6.45, 7) is 3.92. The number of carbonyl (C=O) groups is 1. The van der Waals surface area contributed by atoms with Crippen LogP contribution in [0.3, 0.4) is 0 Å². The molecule has 1 N–H and O–H groups in total. The third kappa shape index (κ3) is 3.59. The number of rotatable bonds is 5. The second-order valence-corrected chi connectivity index (χ2v) is 5.15. The Morgan fingerprint density at radius 2 is 2.00 bits per heavy atom. The van der Waals surface area contributed by atoms with Gasteiger partial charge in [0.15, 0.2) is 0 Å². The van der Waals surface area contributed by atoms with Crippen molar-refractivity contribution in [2.75, 3.05) is 19.0 Å². The normalized spacial score (nSPS) is 12.0. The van der Waals surface area contributed by atoms with E-state index >= 15 is 0 Å². The first-order valence-electron chi connectivity index (χ1n) is 6.93. The number of carbonyl (C=O) groups excluding carboxylic acids is 1. The lowest BCUT2D eigenvalue weighted by atomic mass is 10.2. The first-order valence-corrected chi connectivity index (χ1v) is 6.93. The van der Waals surface area contributed by atoms with Gasteiger partial charge in [-0.2, -0.15) is 4.98 Å². The maximum Gasteiger partial charge on any atom is 0.316 e. The van der Waals surface area contributed by atoms with Gasteiger partial charge in [0, 0.05) is 31.4 Å². The van der Waals surface area contributed by atoms with E-state index in [9.17, 15) is 4.79 Å². The molecule has 0 radical (unpaired) electrons. The van der Waals surface area contributed by atoms with E-state index in [1.54, 1.807) is 0 Å². The zero-order valence-electron chi connectivity index (χ0n) is 12.8. The van der Waals surface area contributed by atoms with Crippen molar-refractivity contribution in [1.82, 2.24) is 15.5 Å². The molecule has 21 heavy (non-hydrogen) atoms. The molecule has 1 unspecified atom stereocenters. The highest BCUT2D eigenvalue weighted by Crippen LogP contribution is 2.19. The molecule has 2 aromatic rings. The SMILES string of the molecule is CCC(C)NC(=O)c1nc(-c2ccc(N(C)C)cc2)no1. The minimum atomic E-state index is -0.340. The van der Waals surface area contributed by atoms with Gasteiger partial charge in [-0.15, -0.1) is 0 Å². The van der Waals surface area contributed by atoms with Gasteiger partial charge in [0.1, 0.15) is 0 Å². The highest BCUT2D eigenvalue weighted by Gasteiger charge is 2.17. The van der Waals surface area contributed by atoms with E-state index in [4.69, 9.17) is 4.52 Å². The van der Waals surface area contributed by atoms with E-state index in [1.807, 2.05) is 57.1 Å². The van der Waals surface area contributed by atoms with Crippen LogP contribution in [-0.2, 0) is 0 Å². The van der Waals surface area contributed by atoms with Gasteiger partial charge < -0.3 is 14.7 Å². The molecule has 0 aliphatic carbocycles. The molecule has 1 heterocycles. The number of benzene rings is 1. The minimum absolute atomic E-state index is 0.0120. The Morgan fingerprint density at radius 3 is 2.57 bits per heavy atom. The molecule has 0 aliphatic rings. The Bertz CT molecular complexity index is 604. The first-order chi connectivity index (χ1) is 10.0. The van der Waals surface area contributed by atoms with Gasteiger partial charge in [-0.05, 0) is 37.6 Å². The van der Waals surface area contributed by atoms with E-state index in [1.165, 1.54) is 0 Å². The average molecular weight is 288 g/mol. The first kappa shape index (κ1) is 15.0. The van der Waals surface area contributed by atoms with Crippen molar-refractivity contribution < 1.29 is 9.32 Å². The molecule has 6 heteroatoms. The highest BCUT2D eigenvalue weighted by molar-refractivity contribution is 5.90. The molecule has 0 aliphatic heterocycles. The summed E-state index contributed by atoms with van der Waals surface area (Å²) in [6.07, 6.45) is 0.846. The van der Waals surface area contributed by atoms with Crippen molar-refractivity contribution in [3.05, 3.63) is 30.2 Å². The van der Waals surface area contributed by atoms with E-state index in [2.05, 4.69) is 15.5 Å². The molecule has 1 amide bonds. The van der Waals surface area contributed by atoms with Crippen LogP contribution in [0.5, 0.6) is 0 Å². The fourth-order valence-electron chi connectivity index (χ4n) is 1.73. The van der Waals surface area contributed by atoms with E-state index in [0.29, 0.717) is 5.82 Å². The molecule has 0 bridgehead atoms. The lowest BCUT2D eigenvalue weighted by Crippen LogP contribution is -2.32. The number of nitrogens with one attached hydrogen (secondary N) is 1. The van der Waals surface area contributed by atoms with Crippen molar-refractivity contribution in [2.24, 2.45) is 0 Å². The van der Waals surface area contributed by atoms with Crippen LogP contribution in [0.4, 0.5) is 5.69 Å². The third-order valence-corrected chi connectivity index (χ3v) is 3.25. The minimum Gasteiger partial charge on any atom is -0.378 e. The number of nitrogens with zero attached hydrogens (tertiary/aromatic N) is 3. The number of hydrogen-bond donors (Lipinski definition) is 1. The Morgan fingerprint density at radius 1 is 1.33 bits per heavy atom. The quantitative estimate of drug-likeness (QED) is 0.914. The van der Waals surface area contributed by atoms with Crippen LogP contribution in [0, 0.1) is 0 Å². The van der Waals surface area contributed by atoms with Crippen molar-refractivity contribution in [1.29, 1.82) is 0 Å². The fourth-order valence-corrected chi connectivity index (χ4v) is 1.73. The smallest absolute Gasteiger partial charge is 0.316 e. The molecule has 0 spiro atoms. The van der Waals surface area contributed by atoms with Gasteiger partial charge in [0.25, 0.3) is 0 Å². The molecule has 2 rings (SSSR count). The zero-order chi connectivity index (χ0) is 15.4. The summed E-state index contributed by atoms with van der Waals surface area (Å²) in [4.78, 5) is 18.0. The molecule has 1 aromatic carbocycles. The van der Waals surface area contributed by atoms with Crippen LogP contribution in [0.2, 0.25) is 0 Å². The van der Waals surface area contributed by atoms with E-state index in [-0.39, 0.29) is 17.8 Å². The maximum atomic E-state index is 11.9. The molecule has 0 saturated heterocycles. The van der Waals surface area contributed by atoms with Gasteiger partial charge in [0.05, 0.1) is 0 Å². The number of amides is 1. The van der Waals surface area contributed by atoms with Crippen molar-refractivity contribution in [3.8, 4) is 11.4 Å². The van der Waals surface area contributed by atoms with Gasteiger partial charge in [-0.3, -0.25) is 4.79 Å². The molecular weight excluding hydrogens is 268 g/mol. The summed E-state index contributed by atoms with van der Waals surface area (Å²) >= 11 is 0. The Kier molecular flexibility index (Phi) is 4.57. The fraction of sp³-hybridized carbons (Fsp3) is 0.400. The molecule has 1 aromatic heterocycles. The van der Waals surface area contributed by atoms with Crippen molar-refractivity contribution in [3.63, 3.8) is 0 Å². The summed E-state index contributed by atoms with van der Waals surface area (Å²) < 4.78 is 5.02. The van der Waals surface area contributed by atoms with Gasteiger partial charge in [-0.25, -0.2) is 0 Å². The third-order valence-electron chi connectivity index (χ3n) is 3.25. The highest BCUT2D eigenvalue weighted by atomic mass is 16.5. The summed E-state index contributed by atoms with van der Waals surface area (Å²) in [7, 11) is 3.95. The predicted octanol–water partition coefficient (Wildman–Crippen LogP) is 2.33. The number of anilines is 1. The molecular formula is C15H20N4O2. The summed E-state index contributed by atoms with van der Waals surface area (Å²) in [5.41, 5.74) is 1.89. The molecule has 112 valence electrons. The van der Waals surface area contributed by atoms with E-state index in [0.717, 1.165) is 17.7 Å². The van der Waals surface area contributed by atoms with Gasteiger partial charge in [0.2, 0.25) is 5.82 Å². The Labute approximate surface area is 124 Å². The Balaban J connectivity index is 2.14. The van der Waals surface area contributed by atoms with Crippen LogP contribution in [0.25, 0.3) is 11.4 Å². The van der Waals surface area contributed by atoms with Crippen LogP contribution >= 0.6 is 0 Å². The van der Waals surface area contributed by atoms with Crippen LogP contribution in [0.1, 0.15) is 31.0 Å². The van der Waals surface area contributed by atoms with Crippen molar-refractivity contribution >= 4 is 11.6 Å². The summed E-state index contributed by atoms with van der Waals surface area (Å²) in [5, 5.41) is 6.65. The van der Waals surface area contributed by atoms with Gasteiger partial charge >= 0.3 is 11.8 Å². The predicted molar refractivity (Wildman–Crippen MR) is 81.3 cm³/mol. The zero-order valence-corrected chi connectivity index (χ0v) is 12.8. The Hall–Kier alpha value is -2.37. The standard InChI is InChI=1S/C15H20N4O2/c1-5-10(2)16-14(20)15-17-13(18-21-15)11-6-8-12(9-7-11)19(3)4/h6-10H,5H2,1-4H3,(H,16,20). The summed E-state index contributed by atoms with van der Waals surface area (Å²) in [5.74, 6) is 0.0598. The van der Waals surface area contributed by atoms with Crippen LogP contribution in [-0.4, -0.2) is 36.2 Å². The lowest BCUT2D eigenvalue weighted by Gasteiger charge is -2.11. The second-order valence-electron chi connectivity index (χ2n) is 5.15. The van der Waals surface area contributed by atoms with E-state index < -0.39 is 0 Å². The number of hydrogen-bond acceptors (Lipinski definition) is 5. The largest absolute Gasteiger partial charge is 0.378 e. The van der Waals surface area contributed by atoms with Crippen LogP contribution in [0.15, 0.2) is 28.8 Å². The molecule has 0 fully saturated rings. The molecule has 1 atom stereocenters. The molecule has 6 nitrogen and oxygen atoms in total. The second kappa shape index (κ2) is 6.39. The maximum absolute atomic E-state index is 11.9. The lowest BCUT2D eigenvalue weighted by molar-refractivity contribution is 0.0895. The topological polar surface area (TPSA) is 71.3 Å². The number of aromatic nitrogens is 2. The van der Waals surface area contributed by atoms with Crippen LogP contribution < -0.4 is 10.2 Å².